The zero-order valence-corrected chi connectivity index (χ0v) is 23.3. The van der Waals surface area contributed by atoms with Crippen molar-refractivity contribution < 1.29 is 32.0 Å². The number of nitrogen functional groups attached to an aromatic ring is 1. The minimum Gasteiger partial charge on any atom is -0.397 e. The van der Waals surface area contributed by atoms with Gasteiger partial charge in [-0.3, -0.25) is 14.5 Å². The fourth-order valence-corrected chi connectivity index (χ4v) is 4.50. The van der Waals surface area contributed by atoms with E-state index in [9.17, 15) is 22.8 Å². The molecular weight excluding hydrogens is 566 g/mol. The molecule has 4 rings (SSSR count). The molecule has 1 atom stereocenters. The van der Waals surface area contributed by atoms with Crippen LogP contribution in [0.3, 0.4) is 0 Å². The van der Waals surface area contributed by atoms with E-state index in [1.165, 1.54) is 6.08 Å². The Balaban J connectivity index is 1.45. The summed E-state index contributed by atoms with van der Waals surface area (Å²) >= 11 is 0. The van der Waals surface area contributed by atoms with Gasteiger partial charge in [0.2, 0.25) is 5.91 Å². The number of hydrogen-bond donors (Lipinski definition) is 3. The van der Waals surface area contributed by atoms with Crippen molar-refractivity contribution in [2.75, 3.05) is 55.6 Å². The summed E-state index contributed by atoms with van der Waals surface area (Å²) in [6.07, 6.45) is -0.991. The van der Waals surface area contributed by atoms with E-state index in [2.05, 4.69) is 15.5 Å². The van der Waals surface area contributed by atoms with Gasteiger partial charge in [-0.15, -0.1) is 5.12 Å². The van der Waals surface area contributed by atoms with Crippen LogP contribution in [0.15, 0.2) is 78.9 Å². The predicted octanol–water partition coefficient (Wildman–Crippen LogP) is 5.21. The van der Waals surface area contributed by atoms with Crippen molar-refractivity contribution >= 4 is 35.0 Å². The lowest BCUT2D eigenvalue weighted by Crippen LogP contribution is -2.40. The van der Waals surface area contributed by atoms with Gasteiger partial charge in [-0.2, -0.15) is 13.2 Å². The third kappa shape index (κ3) is 9.11. The number of nitrogens with two attached hydrogens (primary N) is 1. The summed E-state index contributed by atoms with van der Waals surface area (Å²) in [5.41, 5.74) is 6.61. The average Bonchev–Trinajstić information content (AvgIpc) is 3.01. The van der Waals surface area contributed by atoms with E-state index >= 15 is 4.48 Å². The van der Waals surface area contributed by atoms with E-state index in [0.717, 1.165) is 43.9 Å². The molecule has 0 bridgehead atoms. The number of alkyl halides is 3. The molecular formula is C31H33F4N5O3. The highest BCUT2D eigenvalue weighted by Gasteiger charge is 2.32. The molecule has 1 fully saturated rings. The lowest BCUT2D eigenvalue weighted by Gasteiger charge is -2.27. The number of ether oxygens (including phenoxy) is 1. The number of carbonyl (C=O) groups is 2. The van der Waals surface area contributed by atoms with Crippen LogP contribution >= 0.6 is 0 Å². The number of carbonyl (C=O) groups excluding carboxylic acids is 2. The molecule has 4 N–H and O–H groups in total. The molecule has 1 aliphatic heterocycles. The first kappa shape index (κ1) is 31.7. The first-order valence-corrected chi connectivity index (χ1v) is 13.8. The number of nitrogens with zero attached hydrogens (tertiary/aromatic N) is 2. The van der Waals surface area contributed by atoms with E-state index < -0.39 is 23.7 Å². The Labute approximate surface area is 247 Å². The summed E-state index contributed by atoms with van der Waals surface area (Å²) in [6, 6.07) is 15.6. The van der Waals surface area contributed by atoms with Gasteiger partial charge in [0.25, 0.3) is 5.91 Å². The monoisotopic (exact) mass is 599 g/mol. The molecule has 43 heavy (non-hydrogen) atoms. The van der Waals surface area contributed by atoms with Crippen LogP contribution in [0.4, 0.5) is 34.7 Å². The molecule has 8 nitrogen and oxygen atoms in total. The van der Waals surface area contributed by atoms with E-state index in [1.54, 1.807) is 54.6 Å². The number of morpholine rings is 1. The number of rotatable bonds is 11. The van der Waals surface area contributed by atoms with E-state index in [0.29, 0.717) is 48.7 Å². The van der Waals surface area contributed by atoms with E-state index in [-0.39, 0.29) is 16.7 Å². The Morgan fingerprint density at radius 2 is 1.67 bits per heavy atom. The van der Waals surface area contributed by atoms with Crippen LogP contribution in [0, 0.1) is 0 Å². The average molecular weight is 600 g/mol. The van der Waals surface area contributed by atoms with Gasteiger partial charge in [-0.25, -0.2) is 0 Å². The fraction of sp³-hybridized carbons (Fsp3) is 0.290. The van der Waals surface area contributed by atoms with Gasteiger partial charge < -0.3 is 21.1 Å². The normalized spacial score (nSPS) is 14.9. The third-order valence-electron chi connectivity index (χ3n) is 6.88. The molecule has 3 aromatic rings. The molecule has 3 aromatic carbocycles. The Bertz CT molecular complexity index is 1390. The molecule has 0 aliphatic carbocycles. The molecule has 12 heteroatoms. The number of nitrogens with one attached hydrogen (secondary N) is 2. The van der Waals surface area contributed by atoms with Crippen molar-refractivity contribution in [2.24, 2.45) is 0 Å². The minimum atomic E-state index is -4.58. The van der Waals surface area contributed by atoms with Crippen LogP contribution in [0.25, 0.3) is 6.08 Å². The molecule has 0 aromatic heterocycles. The van der Waals surface area contributed by atoms with E-state index in [4.69, 9.17) is 10.5 Å². The number of anilines is 3. The third-order valence-corrected chi connectivity index (χ3v) is 6.88. The van der Waals surface area contributed by atoms with E-state index in [1.807, 2.05) is 0 Å². The van der Waals surface area contributed by atoms with Gasteiger partial charge in [0.05, 0.1) is 35.8 Å². The molecule has 228 valence electrons. The van der Waals surface area contributed by atoms with Crippen molar-refractivity contribution in [1.82, 2.24) is 10.2 Å². The SMILES string of the molecule is Nc1ccccc1NC(=O)C=Cc1ccc(C(NCCCN2CCOCC2)C(=O)N(F)c2ccc(C(F)(F)F)cc2)cc1. The second kappa shape index (κ2) is 14.8. The highest BCUT2D eigenvalue weighted by Crippen LogP contribution is 2.31. The van der Waals surface area contributed by atoms with Crippen molar-refractivity contribution in [1.29, 1.82) is 0 Å². The van der Waals surface area contributed by atoms with Gasteiger partial charge in [-0.05, 0) is 73.1 Å². The summed E-state index contributed by atoms with van der Waals surface area (Å²) in [7, 11) is 0. The summed E-state index contributed by atoms with van der Waals surface area (Å²) < 4.78 is 59.5. The quantitative estimate of drug-likeness (QED) is 0.0921. The lowest BCUT2D eigenvalue weighted by molar-refractivity contribution is -0.137. The fourth-order valence-electron chi connectivity index (χ4n) is 4.50. The maximum Gasteiger partial charge on any atom is 0.416 e. The number of benzene rings is 3. The number of halogens is 4. The smallest absolute Gasteiger partial charge is 0.397 e. The molecule has 1 unspecified atom stereocenters. The largest absolute Gasteiger partial charge is 0.416 e. The molecule has 0 saturated carbocycles. The predicted molar refractivity (Wildman–Crippen MR) is 158 cm³/mol. The van der Waals surface area contributed by atoms with Crippen molar-refractivity contribution in [3.63, 3.8) is 0 Å². The maximum atomic E-state index is 15.3. The standard InChI is InChI=1S/C31H33F4N5O3/c32-31(33,34)24-11-13-25(14-12-24)40(35)30(42)29(37-16-3-17-39-18-20-43-21-19-39)23-9-6-22(7-10-23)8-15-28(41)38-27-5-2-1-4-26(27)36/h1-2,4-15,29,37H,3,16-21,36H2,(H,38,41). The van der Waals surface area contributed by atoms with Crippen molar-refractivity contribution in [3.05, 3.63) is 95.6 Å². The molecule has 1 saturated heterocycles. The molecule has 0 radical (unpaired) electrons. The second-order valence-electron chi connectivity index (χ2n) is 9.93. The summed E-state index contributed by atoms with van der Waals surface area (Å²) in [4.78, 5) is 27.8. The first-order chi connectivity index (χ1) is 20.6. The number of para-hydroxylation sites is 2. The van der Waals surface area contributed by atoms with Crippen molar-refractivity contribution in [2.45, 2.75) is 18.6 Å². The van der Waals surface area contributed by atoms with Crippen molar-refractivity contribution in [3.8, 4) is 0 Å². The molecule has 2 amide bonds. The van der Waals surface area contributed by atoms with Crippen LogP contribution in [0.2, 0.25) is 0 Å². The lowest BCUT2D eigenvalue weighted by atomic mass is 10.0. The number of amides is 2. The van der Waals surface area contributed by atoms with Gasteiger partial charge >= 0.3 is 6.18 Å². The van der Waals surface area contributed by atoms with Crippen LogP contribution < -0.4 is 21.5 Å². The van der Waals surface area contributed by atoms with Crippen LogP contribution in [0.5, 0.6) is 0 Å². The molecule has 1 heterocycles. The van der Waals surface area contributed by atoms with Crippen LogP contribution in [-0.4, -0.2) is 56.1 Å². The zero-order valence-electron chi connectivity index (χ0n) is 23.3. The van der Waals surface area contributed by atoms with Gasteiger partial charge in [-0.1, -0.05) is 40.9 Å². The minimum absolute atomic E-state index is 0.146. The Hall–Kier alpha value is -4.26. The molecule has 0 spiro atoms. The maximum absolute atomic E-state index is 15.3. The summed E-state index contributed by atoms with van der Waals surface area (Å²) in [5, 5.41) is 5.65. The topological polar surface area (TPSA) is 99.9 Å². The number of hydrogen-bond acceptors (Lipinski definition) is 6. The molecule has 1 aliphatic rings. The van der Waals surface area contributed by atoms with Gasteiger partial charge in [0.15, 0.2) is 0 Å². The highest BCUT2D eigenvalue weighted by atomic mass is 19.4. The van der Waals surface area contributed by atoms with Crippen LogP contribution in [-0.2, 0) is 20.5 Å². The Kier molecular flexibility index (Phi) is 10.9. The van der Waals surface area contributed by atoms with Gasteiger partial charge in [0.1, 0.15) is 6.04 Å². The summed E-state index contributed by atoms with van der Waals surface area (Å²) in [6.45, 7) is 4.07. The highest BCUT2D eigenvalue weighted by molar-refractivity contribution is 6.03. The Morgan fingerprint density at radius 1 is 1.00 bits per heavy atom. The second-order valence-corrected chi connectivity index (χ2v) is 9.93. The first-order valence-electron chi connectivity index (χ1n) is 13.8. The Morgan fingerprint density at radius 3 is 2.33 bits per heavy atom. The summed E-state index contributed by atoms with van der Waals surface area (Å²) in [5.74, 6) is -1.36. The zero-order chi connectivity index (χ0) is 30.8. The van der Waals surface area contributed by atoms with Crippen LogP contribution in [0.1, 0.15) is 29.2 Å². The van der Waals surface area contributed by atoms with Gasteiger partial charge in [0, 0.05) is 19.2 Å².